The first-order chi connectivity index (χ1) is 17.2. The molecule has 4 aliphatic rings. The molecule has 2 heteroatoms. The van der Waals surface area contributed by atoms with E-state index in [-0.39, 0.29) is 23.2 Å². The Morgan fingerprint density at radius 1 is 1.00 bits per heavy atom. The predicted molar refractivity (Wildman–Crippen MR) is 148 cm³/mol. The maximum Gasteiger partial charge on any atom is 0.210 e. The fourth-order valence-corrected chi connectivity index (χ4v) is 8.07. The minimum absolute atomic E-state index is 0.0381. The summed E-state index contributed by atoms with van der Waals surface area (Å²) in [4.78, 5) is 0. The number of rotatable bonds is 8. The first kappa shape index (κ1) is 24.3. The molecule has 0 aromatic heterocycles. The Hall–Kier alpha value is -2.06. The van der Waals surface area contributed by atoms with E-state index in [2.05, 4.69) is 95.3 Å². The number of benzene rings is 2. The lowest BCUT2D eigenvalue weighted by Gasteiger charge is -2.68. The Labute approximate surface area is 218 Å². The molecule has 2 aromatic rings. The van der Waals surface area contributed by atoms with Gasteiger partial charge in [0.25, 0.3) is 0 Å². The van der Waals surface area contributed by atoms with E-state index < -0.39 is 0 Å². The zero-order chi connectivity index (χ0) is 25.1. The molecule has 192 valence electrons. The maximum absolute atomic E-state index is 7.13. The molecule has 7 unspecified atom stereocenters. The molecular weight excluding hydrogens is 440 g/mol. The van der Waals surface area contributed by atoms with Crippen LogP contribution in [0, 0.1) is 29.1 Å². The van der Waals surface area contributed by atoms with Gasteiger partial charge in [0.15, 0.2) is 0 Å². The summed E-state index contributed by atoms with van der Waals surface area (Å²) in [7, 11) is 0. The molecule has 0 heterocycles. The topological polar surface area (TPSA) is 18.5 Å². The Kier molecular flexibility index (Phi) is 6.10. The van der Waals surface area contributed by atoms with Crippen LogP contribution in [0.2, 0.25) is 0 Å². The van der Waals surface area contributed by atoms with Gasteiger partial charge in [0.1, 0.15) is 5.75 Å². The molecule has 3 fully saturated rings. The van der Waals surface area contributed by atoms with E-state index in [0.29, 0.717) is 11.8 Å². The molecule has 4 aliphatic carbocycles. The van der Waals surface area contributed by atoms with Crippen molar-refractivity contribution >= 4 is 6.08 Å². The van der Waals surface area contributed by atoms with Crippen LogP contribution < -0.4 is 4.74 Å². The maximum atomic E-state index is 7.13. The van der Waals surface area contributed by atoms with Crippen LogP contribution in [0.5, 0.6) is 5.75 Å². The van der Waals surface area contributed by atoms with Crippen LogP contribution in [-0.2, 0) is 4.74 Å². The van der Waals surface area contributed by atoms with E-state index >= 15 is 0 Å². The van der Waals surface area contributed by atoms with Crippen LogP contribution in [0.15, 0.2) is 54.6 Å². The fourth-order valence-electron chi connectivity index (χ4n) is 8.07. The minimum atomic E-state index is -0.287. The SMILES string of the molecule is CC(C)CC(c1ccc(OC(OC23CCCC4CC(C2)C43)C2C=Cc3ccccc32)cc1)C(C)(C)C. The standard InChI is InChI=1S/C34H44O2/c1-22(2)19-30(33(3,4)5)24-12-15-27(16-13-24)35-32(29-17-14-23-9-6-7-11-28(23)29)36-34-18-8-10-25-20-26(21-34)31(25)34/h6-7,9,11-17,22,25-26,29-32H,8,10,18-21H2,1-5H3. The first-order valence-corrected chi connectivity index (χ1v) is 14.4. The van der Waals surface area contributed by atoms with E-state index in [1.165, 1.54) is 55.2 Å². The molecule has 0 N–H and O–H groups in total. The monoisotopic (exact) mass is 484 g/mol. The summed E-state index contributed by atoms with van der Waals surface area (Å²) in [6.45, 7) is 11.7. The summed E-state index contributed by atoms with van der Waals surface area (Å²) in [5.41, 5.74) is 4.31. The smallest absolute Gasteiger partial charge is 0.210 e. The lowest BCUT2D eigenvalue weighted by Crippen LogP contribution is -2.68. The van der Waals surface area contributed by atoms with Gasteiger partial charge in [-0.25, -0.2) is 0 Å². The van der Waals surface area contributed by atoms with Crippen molar-refractivity contribution in [1.82, 2.24) is 0 Å². The van der Waals surface area contributed by atoms with Gasteiger partial charge >= 0.3 is 0 Å². The molecule has 6 rings (SSSR count). The molecular formula is C34H44O2. The highest BCUT2D eigenvalue weighted by molar-refractivity contribution is 5.62. The Morgan fingerprint density at radius 2 is 1.78 bits per heavy atom. The fraction of sp³-hybridized carbons (Fsp3) is 0.588. The van der Waals surface area contributed by atoms with Crippen molar-refractivity contribution in [2.75, 3.05) is 0 Å². The average molecular weight is 485 g/mol. The van der Waals surface area contributed by atoms with E-state index in [9.17, 15) is 0 Å². The molecule has 2 nitrogen and oxygen atoms in total. The second kappa shape index (κ2) is 9.05. The summed E-state index contributed by atoms with van der Waals surface area (Å²) < 4.78 is 13.9. The van der Waals surface area contributed by atoms with Crippen molar-refractivity contribution in [3.05, 3.63) is 71.3 Å². The van der Waals surface area contributed by atoms with Gasteiger partial charge in [0, 0.05) is 0 Å². The van der Waals surface area contributed by atoms with E-state index in [0.717, 1.165) is 23.5 Å². The van der Waals surface area contributed by atoms with Gasteiger partial charge in [-0.05, 0) is 95.9 Å². The van der Waals surface area contributed by atoms with Crippen LogP contribution in [0.3, 0.4) is 0 Å². The summed E-state index contributed by atoms with van der Waals surface area (Å²) in [5.74, 6) is 4.82. The molecule has 0 spiro atoms. The van der Waals surface area contributed by atoms with Crippen LogP contribution in [0.4, 0.5) is 0 Å². The van der Waals surface area contributed by atoms with Crippen LogP contribution in [0.25, 0.3) is 6.08 Å². The third-order valence-electron chi connectivity index (χ3n) is 9.78. The lowest BCUT2D eigenvalue weighted by atomic mass is 9.41. The van der Waals surface area contributed by atoms with Crippen LogP contribution >= 0.6 is 0 Å². The van der Waals surface area contributed by atoms with Crippen LogP contribution in [-0.4, -0.2) is 11.9 Å². The van der Waals surface area contributed by atoms with Crippen molar-refractivity contribution < 1.29 is 9.47 Å². The second-order valence-corrected chi connectivity index (χ2v) is 13.7. The van der Waals surface area contributed by atoms with E-state index in [1.807, 2.05) is 0 Å². The van der Waals surface area contributed by atoms with Gasteiger partial charge in [0.2, 0.25) is 6.29 Å². The Morgan fingerprint density at radius 3 is 2.50 bits per heavy atom. The molecule has 7 atom stereocenters. The van der Waals surface area contributed by atoms with Gasteiger partial charge in [-0.1, -0.05) is 89.6 Å². The van der Waals surface area contributed by atoms with Crippen LogP contribution in [0.1, 0.15) is 102 Å². The van der Waals surface area contributed by atoms with E-state index in [4.69, 9.17) is 9.47 Å². The molecule has 2 aromatic carbocycles. The predicted octanol–water partition coefficient (Wildman–Crippen LogP) is 8.97. The minimum Gasteiger partial charge on any atom is -0.464 e. The summed E-state index contributed by atoms with van der Waals surface area (Å²) in [5, 5.41) is 0. The Bertz CT molecular complexity index is 1100. The van der Waals surface area contributed by atoms with Crippen molar-refractivity contribution in [1.29, 1.82) is 0 Å². The van der Waals surface area contributed by atoms with Crippen molar-refractivity contribution in [2.45, 2.75) is 96.9 Å². The summed E-state index contributed by atoms with van der Waals surface area (Å²) in [6, 6.07) is 17.7. The number of fused-ring (bicyclic) bond motifs is 1. The Balaban J connectivity index is 1.26. The zero-order valence-electron chi connectivity index (χ0n) is 22.9. The van der Waals surface area contributed by atoms with Gasteiger partial charge < -0.3 is 9.47 Å². The van der Waals surface area contributed by atoms with Gasteiger partial charge in [-0.2, -0.15) is 0 Å². The number of ether oxygens (including phenoxy) is 2. The third-order valence-corrected chi connectivity index (χ3v) is 9.78. The average Bonchev–Trinajstić information content (AvgIpc) is 3.23. The van der Waals surface area contributed by atoms with Crippen molar-refractivity contribution in [3.63, 3.8) is 0 Å². The molecule has 0 radical (unpaired) electrons. The number of hydrogen-bond donors (Lipinski definition) is 0. The van der Waals surface area contributed by atoms with Crippen molar-refractivity contribution in [2.24, 2.45) is 29.1 Å². The highest BCUT2D eigenvalue weighted by Gasteiger charge is 2.66. The summed E-state index contributed by atoms with van der Waals surface area (Å²) >= 11 is 0. The zero-order valence-corrected chi connectivity index (χ0v) is 22.9. The molecule has 0 bridgehead atoms. The highest BCUT2D eigenvalue weighted by atomic mass is 16.7. The third kappa shape index (κ3) is 4.24. The summed E-state index contributed by atoms with van der Waals surface area (Å²) in [6.07, 6.45) is 12.0. The second-order valence-electron chi connectivity index (χ2n) is 13.7. The molecule has 0 aliphatic heterocycles. The van der Waals surface area contributed by atoms with Gasteiger partial charge in [0.05, 0.1) is 11.5 Å². The lowest BCUT2D eigenvalue weighted by molar-refractivity contribution is -0.311. The molecule has 0 amide bonds. The van der Waals surface area contributed by atoms with Crippen molar-refractivity contribution in [3.8, 4) is 5.75 Å². The highest BCUT2D eigenvalue weighted by Crippen LogP contribution is 2.67. The largest absolute Gasteiger partial charge is 0.464 e. The van der Waals surface area contributed by atoms with E-state index in [1.54, 1.807) is 0 Å². The first-order valence-electron chi connectivity index (χ1n) is 14.4. The van der Waals surface area contributed by atoms with Gasteiger partial charge in [-0.15, -0.1) is 0 Å². The normalized spacial score (nSPS) is 31.7. The number of hydrogen-bond acceptors (Lipinski definition) is 2. The quantitative estimate of drug-likeness (QED) is 0.348. The molecule has 0 saturated heterocycles. The van der Waals surface area contributed by atoms with Gasteiger partial charge in [-0.3, -0.25) is 0 Å². The molecule has 36 heavy (non-hydrogen) atoms. The molecule has 3 saturated carbocycles.